The molecule has 0 aliphatic carbocycles. The van der Waals surface area contributed by atoms with Gasteiger partial charge in [-0.15, -0.1) is 0 Å². The van der Waals surface area contributed by atoms with Crippen molar-refractivity contribution >= 4 is 13.5 Å². The highest BCUT2D eigenvalue weighted by Crippen LogP contribution is 2.31. The number of fused-ring (bicyclic) bond motifs is 1. The highest BCUT2D eigenvalue weighted by Gasteiger charge is 2.28. The number of hydrogen-bond acceptors (Lipinski definition) is 4. The Kier molecular flexibility index (Phi) is 6.43. The normalized spacial score (nSPS) is 20.5. The van der Waals surface area contributed by atoms with Crippen LogP contribution in [0.4, 0.5) is 0 Å². The van der Waals surface area contributed by atoms with E-state index in [-0.39, 0.29) is 13.5 Å². The number of pyridine rings is 2. The average molecular weight is 386 g/mol. The highest BCUT2D eigenvalue weighted by molar-refractivity contribution is 7.59. The van der Waals surface area contributed by atoms with Crippen molar-refractivity contribution < 1.29 is 4.74 Å². The van der Waals surface area contributed by atoms with Gasteiger partial charge in [-0.2, -0.15) is 13.5 Å². The molecule has 27 heavy (non-hydrogen) atoms. The van der Waals surface area contributed by atoms with Gasteiger partial charge in [-0.25, -0.2) is 4.98 Å². The van der Waals surface area contributed by atoms with Crippen LogP contribution in [0.15, 0.2) is 24.3 Å². The van der Waals surface area contributed by atoms with Crippen LogP contribution in [0.3, 0.4) is 0 Å². The van der Waals surface area contributed by atoms with Crippen molar-refractivity contribution in [3.8, 4) is 5.88 Å². The Morgan fingerprint density at radius 1 is 1.19 bits per heavy atom. The third-order valence-corrected chi connectivity index (χ3v) is 5.75. The molecular weight excluding hydrogens is 354 g/mol. The van der Waals surface area contributed by atoms with Crippen LogP contribution < -0.4 is 4.74 Å². The summed E-state index contributed by atoms with van der Waals surface area (Å²) >= 11 is 0. The van der Waals surface area contributed by atoms with Gasteiger partial charge in [0, 0.05) is 29.5 Å². The van der Waals surface area contributed by atoms with Crippen molar-refractivity contribution in [1.29, 1.82) is 0 Å². The molecule has 0 spiro atoms. The molecule has 2 aliphatic heterocycles. The fraction of sp³-hybridized carbons (Fsp3) is 0.545. The summed E-state index contributed by atoms with van der Waals surface area (Å²) in [5.74, 6) is 1.58. The highest BCUT2D eigenvalue weighted by atomic mass is 32.1. The van der Waals surface area contributed by atoms with Crippen molar-refractivity contribution in [2.24, 2.45) is 5.92 Å². The number of likely N-dealkylation sites (tertiary alicyclic amines) is 1. The number of aryl methyl sites for hydroxylation is 3. The van der Waals surface area contributed by atoms with Crippen LogP contribution >= 0.6 is 13.5 Å². The topological polar surface area (TPSA) is 38.2 Å². The molecule has 0 bridgehead atoms. The van der Waals surface area contributed by atoms with Gasteiger partial charge in [0.05, 0.1) is 12.3 Å². The van der Waals surface area contributed by atoms with E-state index in [0.717, 1.165) is 61.9 Å². The van der Waals surface area contributed by atoms with Crippen molar-refractivity contribution in [3.05, 3.63) is 52.5 Å². The first-order valence-electron chi connectivity index (χ1n) is 9.89. The smallest absolute Gasteiger partial charge is 0.216 e. The van der Waals surface area contributed by atoms with Gasteiger partial charge in [-0.1, -0.05) is 6.07 Å². The van der Waals surface area contributed by atoms with Gasteiger partial charge >= 0.3 is 0 Å². The second-order valence-electron chi connectivity index (χ2n) is 7.94. The SMILES string of the molecule is Cc1cc(C[C@H]2CCN(C(C)c3ccc4c(n3)OCCC4)C2)cc(C)n1.S. The van der Waals surface area contributed by atoms with Gasteiger partial charge in [-0.3, -0.25) is 9.88 Å². The maximum Gasteiger partial charge on any atom is 0.216 e. The predicted octanol–water partition coefficient (Wildman–Crippen LogP) is 4.16. The van der Waals surface area contributed by atoms with Crippen LogP contribution in [0, 0.1) is 19.8 Å². The molecule has 4 nitrogen and oxygen atoms in total. The molecule has 0 aromatic carbocycles. The lowest BCUT2D eigenvalue weighted by Crippen LogP contribution is -2.26. The van der Waals surface area contributed by atoms with Gasteiger partial charge in [0.1, 0.15) is 0 Å². The lowest BCUT2D eigenvalue weighted by Gasteiger charge is -2.25. The number of rotatable bonds is 4. The van der Waals surface area contributed by atoms with E-state index in [1.165, 1.54) is 17.5 Å². The summed E-state index contributed by atoms with van der Waals surface area (Å²) in [5, 5.41) is 0. The van der Waals surface area contributed by atoms with Crippen molar-refractivity contribution in [2.75, 3.05) is 19.7 Å². The van der Waals surface area contributed by atoms with Gasteiger partial charge in [0.15, 0.2) is 0 Å². The Bertz CT molecular complexity index is 775. The zero-order valence-corrected chi connectivity index (χ0v) is 17.7. The molecule has 2 aliphatic rings. The van der Waals surface area contributed by atoms with E-state index in [2.05, 4.69) is 54.9 Å². The Balaban J connectivity index is 0.00000210. The molecule has 1 unspecified atom stereocenters. The largest absolute Gasteiger partial charge is 0.477 e. The maximum absolute atomic E-state index is 5.76. The van der Waals surface area contributed by atoms with E-state index in [1.54, 1.807) is 0 Å². The molecular formula is C22H31N3OS. The van der Waals surface area contributed by atoms with E-state index in [1.807, 2.05) is 0 Å². The zero-order valence-electron chi connectivity index (χ0n) is 16.7. The van der Waals surface area contributed by atoms with E-state index >= 15 is 0 Å². The maximum atomic E-state index is 5.76. The molecule has 4 heterocycles. The summed E-state index contributed by atoms with van der Waals surface area (Å²) in [6.45, 7) is 9.54. The number of nitrogens with zero attached hydrogens (tertiary/aromatic N) is 3. The monoisotopic (exact) mass is 385 g/mol. The Morgan fingerprint density at radius 2 is 1.96 bits per heavy atom. The van der Waals surface area contributed by atoms with Crippen molar-refractivity contribution in [1.82, 2.24) is 14.9 Å². The van der Waals surface area contributed by atoms with E-state index in [0.29, 0.717) is 12.0 Å². The fourth-order valence-electron chi connectivity index (χ4n) is 4.40. The first-order valence-corrected chi connectivity index (χ1v) is 9.89. The lowest BCUT2D eigenvalue weighted by molar-refractivity contribution is 0.240. The van der Waals surface area contributed by atoms with Gasteiger partial charge in [-0.05, 0) is 82.7 Å². The Morgan fingerprint density at radius 3 is 2.74 bits per heavy atom. The third kappa shape index (κ3) is 4.64. The van der Waals surface area contributed by atoms with Gasteiger partial charge in [0.2, 0.25) is 5.88 Å². The molecule has 0 saturated carbocycles. The molecule has 0 amide bonds. The summed E-state index contributed by atoms with van der Waals surface area (Å²) in [6.07, 6.45) is 4.60. The molecule has 1 saturated heterocycles. The van der Waals surface area contributed by atoms with Crippen LogP contribution in [0.1, 0.15) is 54.0 Å². The van der Waals surface area contributed by atoms with E-state index < -0.39 is 0 Å². The van der Waals surface area contributed by atoms with E-state index in [4.69, 9.17) is 9.72 Å². The summed E-state index contributed by atoms with van der Waals surface area (Å²) < 4.78 is 5.76. The summed E-state index contributed by atoms with van der Waals surface area (Å²) in [4.78, 5) is 11.9. The standard InChI is InChI=1S/C22H29N3O.H2S/c1-15-11-19(12-16(2)23-15)13-18-8-9-25(14-18)17(3)21-7-6-20-5-4-10-26-22(20)24-21;/h6-7,11-12,17-18H,4-5,8-10,13-14H2,1-3H3;1H2/t17?,18-;/m1./s1. The molecule has 2 aromatic rings. The summed E-state index contributed by atoms with van der Waals surface area (Å²) in [7, 11) is 0. The first kappa shape index (κ1) is 20.2. The predicted molar refractivity (Wildman–Crippen MR) is 114 cm³/mol. The van der Waals surface area contributed by atoms with Crippen molar-refractivity contribution in [3.63, 3.8) is 0 Å². The zero-order chi connectivity index (χ0) is 18.1. The number of ether oxygens (including phenoxy) is 1. The van der Waals surface area contributed by atoms with E-state index in [9.17, 15) is 0 Å². The number of hydrogen-bond donors (Lipinski definition) is 0. The fourth-order valence-corrected chi connectivity index (χ4v) is 4.40. The molecule has 2 atom stereocenters. The second kappa shape index (κ2) is 8.61. The average Bonchev–Trinajstić information content (AvgIpc) is 3.08. The minimum atomic E-state index is 0. The summed E-state index contributed by atoms with van der Waals surface area (Å²) in [6, 6.07) is 9.23. The molecule has 5 heteroatoms. The minimum absolute atomic E-state index is 0. The third-order valence-electron chi connectivity index (χ3n) is 5.75. The molecule has 0 radical (unpaired) electrons. The summed E-state index contributed by atoms with van der Waals surface area (Å²) in [5.41, 5.74) is 6.08. The van der Waals surface area contributed by atoms with Crippen LogP contribution in [0.2, 0.25) is 0 Å². The van der Waals surface area contributed by atoms with Gasteiger partial charge < -0.3 is 4.74 Å². The van der Waals surface area contributed by atoms with Gasteiger partial charge in [0.25, 0.3) is 0 Å². The Labute approximate surface area is 169 Å². The second-order valence-corrected chi connectivity index (χ2v) is 7.94. The van der Waals surface area contributed by atoms with Crippen LogP contribution in [-0.2, 0) is 12.8 Å². The minimum Gasteiger partial charge on any atom is -0.477 e. The van der Waals surface area contributed by atoms with Crippen LogP contribution in [-0.4, -0.2) is 34.6 Å². The molecule has 1 fully saturated rings. The first-order chi connectivity index (χ1) is 12.6. The molecule has 2 aromatic heterocycles. The molecule has 4 rings (SSSR count). The Hall–Kier alpha value is -1.59. The molecule has 146 valence electrons. The lowest BCUT2D eigenvalue weighted by atomic mass is 9.98. The quantitative estimate of drug-likeness (QED) is 0.792. The van der Waals surface area contributed by atoms with Crippen LogP contribution in [0.5, 0.6) is 5.88 Å². The van der Waals surface area contributed by atoms with Crippen molar-refractivity contribution in [2.45, 2.75) is 52.5 Å². The van der Waals surface area contributed by atoms with Crippen LogP contribution in [0.25, 0.3) is 0 Å². The molecule has 0 N–H and O–H groups in total. The number of aromatic nitrogens is 2.